The Kier molecular flexibility index (Phi) is 50.7. The SMILES string of the molecule is CC(=O)CNC(=O)C(C)C.CC(=O)CNS(=O)(=O)C(C)C.CC(=O)NC(=O)C(C)C.CC(=O)NS(=O)(=O)C(C)C.CC(C)C(=O)NCS(C)(=O)=O.CC(C)C(=O)NS(C)(=O)=O.CC(C)S(=O)(=O)NCS(C)(=O)=O.CC(C)S(=O)(=O)NS(C)(=O)=O. The van der Waals surface area contributed by atoms with E-state index < -0.39 is 119 Å². The van der Waals surface area contributed by atoms with Gasteiger partial charge in [0.05, 0.1) is 46.6 Å². The zero-order chi connectivity index (χ0) is 69.7. The van der Waals surface area contributed by atoms with Gasteiger partial charge in [-0.15, -0.1) is 4.13 Å². The number of imide groups is 1. The molecule has 0 aliphatic heterocycles. The lowest BCUT2D eigenvalue weighted by atomic mass is 10.2. The van der Waals surface area contributed by atoms with Crippen LogP contribution in [0.4, 0.5) is 0 Å². The van der Waals surface area contributed by atoms with E-state index in [4.69, 9.17) is 0 Å². The predicted octanol–water partition coefficient (Wildman–Crippen LogP) is -1.51. The van der Waals surface area contributed by atoms with Crippen LogP contribution in [0, 0.1) is 23.7 Å². The average molecular weight is 1380 g/mol. The molecule has 0 aliphatic carbocycles. The monoisotopic (exact) mass is 1380 g/mol. The van der Waals surface area contributed by atoms with Crippen LogP contribution in [0.2, 0.25) is 0 Å². The molecular formula is C44H96N8O24S8. The molecule has 8 N–H and O–H groups in total. The highest BCUT2D eigenvalue weighted by molar-refractivity contribution is 8.04. The summed E-state index contributed by atoms with van der Waals surface area (Å²) in [5.41, 5.74) is 0. The summed E-state index contributed by atoms with van der Waals surface area (Å²) in [7, 11) is -27.2. The van der Waals surface area contributed by atoms with Gasteiger partial charge in [0.15, 0.2) is 19.7 Å². The molecular weight excluding hydrogens is 1280 g/mol. The van der Waals surface area contributed by atoms with Gasteiger partial charge in [0.2, 0.25) is 95.6 Å². The normalized spacial score (nSPS) is 11.8. The molecule has 0 aromatic rings. The van der Waals surface area contributed by atoms with E-state index in [2.05, 4.69) is 20.7 Å². The Bertz CT molecular complexity index is 3010. The lowest BCUT2D eigenvalue weighted by Crippen LogP contribution is -2.34. The summed E-state index contributed by atoms with van der Waals surface area (Å²) in [6, 6.07) is 0. The molecule has 40 heteroatoms. The van der Waals surface area contributed by atoms with Crippen molar-refractivity contribution in [3.8, 4) is 0 Å². The molecule has 0 aliphatic rings. The van der Waals surface area contributed by atoms with Crippen molar-refractivity contribution in [2.75, 3.05) is 49.9 Å². The van der Waals surface area contributed by atoms with Gasteiger partial charge in [-0.3, -0.25) is 53.1 Å². The molecule has 32 nitrogen and oxygen atoms in total. The Morgan fingerprint density at radius 3 is 0.821 bits per heavy atom. The van der Waals surface area contributed by atoms with Crippen molar-refractivity contribution in [2.24, 2.45) is 23.7 Å². The van der Waals surface area contributed by atoms with Crippen LogP contribution in [-0.4, -0.2) is 185 Å². The second kappa shape index (κ2) is 44.3. The fraction of sp³-hybridized carbons (Fsp3) is 0.818. The third-order valence-electron chi connectivity index (χ3n) is 7.78. The summed E-state index contributed by atoms with van der Waals surface area (Å²) in [4.78, 5) is 84.1. The van der Waals surface area contributed by atoms with E-state index in [9.17, 15) is 106 Å². The molecule has 0 spiro atoms. The molecule has 504 valence electrons. The lowest BCUT2D eigenvalue weighted by molar-refractivity contribution is -0.131. The van der Waals surface area contributed by atoms with E-state index in [0.29, 0.717) is 0 Å². The van der Waals surface area contributed by atoms with E-state index >= 15 is 0 Å². The number of nitrogens with one attached hydrogen (secondary N) is 8. The van der Waals surface area contributed by atoms with Gasteiger partial charge in [-0.25, -0.2) is 72.1 Å². The number of Topliss-reactive ketones (excluding diaryl/α,β-unsaturated/α-hetero) is 2. The molecule has 6 amide bonds. The Balaban J connectivity index is -0.000000131. The van der Waals surface area contributed by atoms with E-state index in [1.165, 1.54) is 73.4 Å². The topological polar surface area (TPSA) is 506 Å². The molecule has 0 saturated heterocycles. The highest BCUT2D eigenvalue weighted by Gasteiger charge is 2.21. The van der Waals surface area contributed by atoms with Crippen LogP contribution in [0.1, 0.15) is 138 Å². The van der Waals surface area contributed by atoms with Crippen LogP contribution in [-0.2, 0) is 118 Å². The molecule has 0 aromatic carbocycles. The first-order valence-corrected chi connectivity index (χ1v) is 38.8. The number of ketones is 2. The summed E-state index contributed by atoms with van der Waals surface area (Å²) < 4.78 is 181. The van der Waals surface area contributed by atoms with Gasteiger partial charge in [-0.2, -0.15) is 4.72 Å². The maximum Gasteiger partial charge on any atom is 0.237 e. The van der Waals surface area contributed by atoms with E-state index in [1.807, 2.05) is 14.2 Å². The van der Waals surface area contributed by atoms with Gasteiger partial charge in [0.1, 0.15) is 23.3 Å². The Hall–Kier alpha value is -4.16. The third kappa shape index (κ3) is 72.1. The van der Waals surface area contributed by atoms with Crippen molar-refractivity contribution in [3.05, 3.63) is 0 Å². The van der Waals surface area contributed by atoms with Crippen molar-refractivity contribution in [2.45, 2.75) is 159 Å². The van der Waals surface area contributed by atoms with E-state index in [0.717, 1.165) is 25.0 Å². The maximum absolute atomic E-state index is 11.0. The van der Waals surface area contributed by atoms with Crippen LogP contribution in [0.5, 0.6) is 0 Å². The van der Waals surface area contributed by atoms with Crippen LogP contribution < -0.4 is 39.0 Å². The van der Waals surface area contributed by atoms with Gasteiger partial charge < -0.3 is 10.6 Å². The van der Waals surface area contributed by atoms with Crippen molar-refractivity contribution >= 4 is 127 Å². The largest absolute Gasteiger partial charge is 0.349 e. The second-order valence-electron chi connectivity index (χ2n) is 20.1. The zero-order valence-corrected chi connectivity index (χ0v) is 59.0. The molecule has 0 unspecified atom stereocenters. The maximum atomic E-state index is 11.0. The Morgan fingerprint density at radius 1 is 0.321 bits per heavy atom. The number of rotatable bonds is 22. The zero-order valence-electron chi connectivity index (χ0n) is 52.5. The highest BCUT2D eigenvalue weighted by Crippen LogP contribution is 1.99. The fourth-order valence-electron chi connectivity index (χ4n) is 2.79. The lowest BCUT2D eigenvalue weighted by Gasteiger charge is -2.07. The number of sulfone groups is 2. The number of hydrogen-bond acceptors (Lipinski definition) is 24. The van der Waals surface area contributed by atoms with Crippen LogP contribution in [0.3, 0.4) is 0 Å². The molecule has 0 rings (SSSR count). The van der Waals surface area contributed by atoms with Gasteiger partial charge in [0.25, 0.3) is 0 Å². The molecule has 0 radical (unpaired) electrons. The molecule has 0 fully saturated rings. The van der Waals surface area contributed by atoms with Crippen LogP contribution in [0.15, 0.2) is 0 Å². The highest BCUT2D eigenvalue weighted by atomic mass is 32.3. The molecule has 0 aromatic heterocycles. The Morgan fingerprint density at radius 2 is 0.631 bits per heavy atom. The standard InChI is InChI=1S/C7H13NO2.2C6H13NO3S.C6H11NO2.C5H13NO4S2.2C5H11NO3S.C4H11NO4S2/c1-5(2)7(10)8-4-6(3)9;1-5(2)6(8)7-4-11(3,9)10;1-5(2)11(9,10)7-4-6(3)8;1-4(2)6(9)7-5(3)8;1-5(2)12(9,10)6-4-11(3,7)8;1-4(2)5(7)6-10(3,8)9;1-4(2)10(8,9)6-5(3)7;1-4(2)11(8,9)5-10(3,6)7/h5H,4H2,1-3H3,(H,8,10);5H,4H2,1-3H3,(H,7,8);5,7H,4H2,1-3H3;4H,1-3H3,(H,7,8,9);5-6H,4H2,1-3H3;2*4H,1-3H3,(H,6,7);4-5H,1-3H3. The quantitative estimate of drug-likeness (QED) is 0.0610. The van der Waals surface area contributed by atoms with Gasteiger partial charge in [0, 0.05) is 50.0 Å². The first kappa shape index (κ1) is 96.2. The number of carbonyl (C=O) groups excluding carboxylic acids is 8. The minimum absolute atomic E-state index is 0.0194. The van der Waals surface area contributed by atoms with E-state index in [1.54, 1.807) is 69.2 Å². The smallest absolute Gasteiger partial charge is 0.237 e. The summed E-state index contributed by atoms with van der Waals surface area (Å²) >= 11 is 0. The van der Waals surface area contributed by atoms with Crippen LogP contribution in [0.25, 0.3) is 0 Å². The number of amides is 6. The first-order chi connectivity index (χ1) is 36.7. The molecule has 0 bridgehead atoms. The van der Waals surface area contributed by atoms with E-state index in [-0.39, 0.29) is 77.8 Å². The summed E-state index contributed by atoms with van der Waals surface area (Å²) in [5.74, 6) is -3.49. The van der Waals surface area contributed by atoms with Gasteiger partial charge >= 0.3 is 0 Å². The summed E-state index contributed by atoms with van der Waals surface area (Å²) in [6.45, 7) is 30.9. The molecule has 0 atom stereocenters. The van der Waals surface area contributed by atoms with Crippen molar-refractivity contribution in [3.63, 3.8) is 0 Å². The summed E-state index contributed by atoms with van der Waals surface area (Å²) in [5, 5.41) is 4.56. The average Bonchev–Trinajstić information content (AvgIpc) is 3.24. The third-order valence-corrected chi connectivity index (χ3v) is 18.6. The summed E-state index contributed by atoms with van der Waals surface area (Å²) in [6.07, 6.45) is 3.80. The molecule has 84 heavy (non-hydrogen) atoms. The fourth-order valence-corrected chi connectivity index (χ4v) is 9.47. The van der Waals surface area contributed by atoms with Gasteiger partial charge in [-0.05, 0) is 69.2 Å². The van der Waals surface area contributed by atoms with Gasteiger partial charge in [-0.1, -0.05) is 55.4 Å². The van der Waals surface area contributed by atoms with Crippen molar-refractivity contribution < 1.29 is 106 Å². The van der Waals surface area contributed by atoms with Crippen molar-refractivity contribution in [1.82, 2.24) is 39.0 Å². The number of carbonyl (C=O) groups is 8. The minimum atomic E-state index is -3.69. The predicted molar refractivity (Wildman–Crippen MR) is 322 cm³/mol. The Labute approximate surface area is 501 Å². The molecule has 0 saturated carbocycles. The minimum Gasteiger partial charge on any atom is -0.349 e. The molecule has 0 heterocycles. The number of sulfonamides is 6. The second-order valence-corrected chi connectivity index (χ2v) is 37.2. The first-order valence-electron chi connectivity index (χ1n) is 24.7. The van der Waals surface area contributed by atoms with Crippen LogP contribution >= 0.6 is 0 Å². The van der Waals surface area contributed by atoms with Crippen molar-refractivity contribution in [1.29, 1.82) is 0 Å². The number of hydrogen-bond donors (Lipinski definition) is 8.